The predicted molar refractivity (Wildman–Crippen MR) is 95.2 cm³/mol. The second kappa shape index (κ2) is 9.15. The molecule has 1 aromatic heterocycles. The topological polar surface area (TPSA) is 62.6 Å². The van der Waals surface area contributed by atoms with Gasteiger partial charge in [-0.1, -0.05) is 0 Å². The lowest BCUT2D eigenvalue weighted by Gasteiger charge is -2.39. The minimum atomic E-state index is 0.0207. The maximum absolute atomic E-state index is 12.3. The molecule has 1 N–H and O–H groups in total. The number of carbonyl (C=O) groups is 1. The van der Waals surface area contributed by atoms with E-state index >= 15 is 0 Å². The average molecular weight is 337 g/mol. The third-order valence-electron chi connectivity index (χ3n) is 4.37. The Kier molecular flexibility index (Phi) is 7.20. The lowest BCUT2D eigenvalue weighted by atomic mass is 10.2. The van der Waals surface area contributed by atoms with Gasteiger partial charge in [-0.25, -0.2) is 4.68 Å². The Labute approximate surface area is 144 Å². The summed E-state index contributed by atoms with van der Waals surface area (Å²) in [6.07, 6.45) is 1.72. The number of carbonyl (C=O) groups excluding carboxylic acids is 1. The molecule has 0 spiro atoms. The highest BCUT2D eigenvalue weighted by atomic mass is 16.5. The van der Waals surface area contributed by atoms with E-state index in [1.165, 1.54) is 0 Å². The molecule has 0 radical (unpaired) electrons. The quantitative estimate of drug-likeness (QED) is 0.728. The molecule has 0 unspecified atom stereocenters. The Bertz CT molecular complexity index is 517. The van der Waals surface area contributed by atoms with Gasteiger partial charge in [-0.2, -0.15) is 5.10 Å². The van der Waals surface area contributed by atoms with E-state index in [0.717, 1.165) is 45.2 Å². The second-order valence-electron chi connectivity index (χ2n) is 6.62. The van der Waals surface area contributed by atoms with Crippen LogP contribution < -0.4 is 5.32 Å². The zero-order chi connectivity index (χ0) is 17.5. The van der Waals surface area contributed by atoms with E-state index in [1.54, 1.807) is 6.20 Å². The van der Waals surface area contributed by atoms with Crippen molar-refractivity contribution in [2.45, 2.75) is 39.8 Å². The molecule has 1 aliphatic rings. The van der Waals surface area contributed by atoms with E-state index in [4.69, 9.17) is 4.74 Å². The first kappa shape index (κ1) is 18.9. The van der Waals surface area contributed by atoms with Crippen LogP contribution in [0.5, 0.6) is 0 Å². The lowest BCUT2D eigenvalue weighted by Crippen LogP contribution is -2.54. The van der Waals surface area contributed by atoms with Crippen molar-refractivity contribution in [3.8, 4) is 0 Å². The number of piperazine rings is 1. The van der Waals surface area contributed by atoms with Crippen LogP contribution in [0.4, 0.5) is 5.82 Å². The van der Waals surface area contributed by atoms with Crippen LogP contribution in [-0.4, -0.2) is 77.5 Å². The van der Waals surface area contributed by atoms with Gasteiger partial charge in [0.25, 0.3) is 0 Å². The number of ether oxygens (including phenoxy) is 1. The number of amides is 1. The molecule has 7 heteroatoms. The van der Waals surface area contributed by atoms with Crippen LogP contribution in [0, 0.1) is 0 Å². The Balaban J connectivity index is 1.78. The fourth-order valence-electron chi connectivity index (χ4n) is 3.08. The highest BCUT2D eigenvalue weighted by Crippen LogP contribution is 2.14. The molecule has 0 aromatic carbocycles. The van der Waals surface area contributed by atoms with Crippen LogP contribution in [0.15, 0.2) is 12.3 Å². The minimum Gasteiger partial charge on any atom is -0.380 e. The number of hydrogen-bond acceptors (Lipinski definition) is 5. The Morgan fingerprint density at radius 2 is 2.25 bits per heavy atom. The molecule has 1 aromatic rings. The largest absolute Gasteiger partial charge is 0.380 e. The summed E-state index contributed by atoms with van der Waals surface area (Å²) >= 11 is 0. The molecule has 1 amide bonds. The van der Waals surface area contributed by atoms with E-state index in [0.29, 0.717) is 12.6 Å². The zero-order valence-corrected chi connectivity index (χ0v) is 15.4. The van der Waals surface area contributed by atoms with Gasteiger partial charge >= 0.3 is 0 Å². The highest BCUT2D eigenvalue weighted by molar-refractivity contribution is 5.91. The van der Waals surface area contributed by atoms with E-state index in [9.17, 15) is 4.79 Å². The summed E-state index contributed by atoms with van der Waals surface area (Å²) in [5, 5.41) is 7.22. The number of nitrogens with zero attached hydrogens (tertiary/aromatic N) is 4. The minimum absolute atomic E-state index is 0.0207. The molecular weight excluding hydrogens is 306 g/mol. The van der Waals surface area contributed by atoms with Gasteiger partial charge in [0.15, 0.2) is 0 Å². The fourth-order valence-corrected chi connectivity index (χ4v) is 3.08. The predicted octanol–water partition coefficient (Wildman–Crippen LogP) is 1.45. The zero-order valence-electron chi connectivity index (χ0n) is 15.4. The number of nitrogens with one attached hydrogen (secondary N) is 1. The number of hydrogen-bond donors (Lipinski definition) is 1. The molecule has 2 rings (SSSR count). The molecule has 0 aliphatic carbocycles. The standard InChI is InChI=1S/C17H31N5O2/c1-5-24-11-10-21-9-8-20(12-15(21)4)13-17(23)19-16-6-7-18-22(16)14(2)3/h6-7,14-15H,5,8-13H2,1-4H3,(H,19,23)/t15-/m0/s1. The van der Waals surface area contributed by atoms with Gasteiger partial charge in [-0.3, -0.25) is 14.6 Å². The summed E-state index contributed by atoms with van der Waals surface area (Å²) in [5.74, 6) is 0.783. The van der Waals surface area contributed by atoms with Gasteiger partial charge in [0.1, 0.15) is 5.82 Å². The summed E-state index contributed by atoms with van der Waals surface area (Å²) in [6, 6.07) is 2.50. The second-order valence-corrected chi connectivity index (χ2v) is 6.62. The number of rotatable bonds is 8. The van der Waals surface area contributed by atoms with Gasteiger partial charge in [-0.15, -0.1) is 0 Å². The molecule has 1 fully saturated rings. The van der Waals surface area contributed by atoms with E-state index in [-0.39, 0.29) is 11.9 Å². The van der Waals surface area contributed by atoms with Crippen molar-refractivity contribution < 1.29 is 9.53 Å². The Morgan fingerprint density at radius 1 is 1.46 bits per heavy atom. The molecule has 0 bridgehead atoms. The first-order chi connectivity index (χ1) is 11.5. The van der Waals surface area contributed by atoms with Gasteiger partial charge in [0.2, 0.25) is 5.91 Å². The van der Waals surface area contributed by atoms with Gasteiger partial charge < -0.3 is 10.1 Å². The summed E-state index contributed by atoms with van der Waals surface area (Å²) in [6.45, 7) is 14.0. The third kappa shape index (κ3) is 5.29. The van der Waals surface area contributed by atoms with Crippen molar-refractivity contribution in [2.75, 3.05) is 51.3 Å². The molecule has 1 aliphatic heterocycles. The summed E-state index contributed by atoms with van der Waals surface area (Å²) in [5.41, 5.74) is 0. The van der Waals surface area contributed by atoms with E-state index in [1.807, 2.05) is 31.5 Å². The van der Waals surface area contributed by atoms with Crippen LogP contribution in [0.1, 0.15) is 33.7 Å². The van der Waals surface area contributed by atoms with E-state index in [2.05, 4.69) is 27.1 Å². The van der Waals surface area contributed by atoms with Gasteiger partial charge in [0.05, 0.1) is 19.3 Å². The third-order valence-corrected chi connectivity index (χ3v) is 4.37. The van der Waals surface area contributed by atoms with Gasteiger partial charge in [0, 0.05) is 50.9 Å². The van der Waals surface area contributed by atoms with Crippen molar-refractivity contribution in [3.05, 3.63) is 12.3 Å². The normalized spacial score (nSPS) is 19.8. The summed E-state index contributed by atoms with van der Waals surface area (Å²) < 4.78 is 7.26. The SMILES string of the molecule is CCOCCN1CCN(CC(=O)Nc2ccnn2C(C)C)C[C@@H]1C. The maximum atomic E-state index is 12.3. The molecule has 0 saturated carbocycles. The van der Waals surface area contributed by atoms with Crippen LogP contribution in [0.2, 0.25) is 0 Å². The van der Waals surface area contributed by atoms with Gasteiger partial charge in [-0.05, 0) is 27.7 Å². The smallest absolute Gasteiger partial charge is 0.239 e. The fraction of sp³-hybridized carbons (Fsp3) is 0.765. The van der Waals surface area contributed by atoms with E-state index < -0.39 is 0 Å². The number of anilines is 1. The molecular formula is C17H31N5O2. The number of aromatic nitrogens is 2. The maximum Gasteiger partial charge on any atom is 0.239 e. The van der Waals surface area contributed by atoms with Crippen LogP contribution in [-0.2, 0) is 9.53 Å². The monoisotopic (exact) mass is 337 g/mol. The Hall–Kier alpha value is -1.44. The summed E-state index contributed by atoms with van der Waals surface area (Å²) in [7, 11) is 0. The molecule has 1 saturated heterocycles. The van der Waals surface area contributed by atoms with Crippen LogP contribution in [0.25, 0.3) is 0 Å². The van der Waals surface area contributed by atoms with Crippen LogP contribution in [0.3, 0.4) is 0 Å². The first-order valence-corrected chi connectivity index (χ1v) is 8.88. The van der Waals surface area contributed by atoms with Crippen molar-refractivity contribution in [2.24, 2.45) is 0 Å². The molecule has 7 nitrogen and oxygen atoms in total. The molecule has 24 heavy (non-hydrogen) atoms. The van der Waals surface area contributed by atoms with Crippen molar-refractivity contribution >= 4 is 11.7 Å². The highest BCUT2D eigenvalue weighted by Gasteiger charge is 2.24. The lowest BCUT2D eigenvalue weighted by molar-refractivity contribution is -0.118. The average Bonchev–Trinajstić information content (AvgIpc) is 2.97. The molecule has 1 atom stereocenters. The first-order valence-electron chi connectivity index (χ1n) is 8.88. The molecule has 136 valence electrons. The van der Waals surface area contributed by atoms with Crippen molar-refractivity contribution in [1.29, 1.82) is 0 Å². The summed E-state index contributed by atoms with van der Waals surface area (Å²) in [4.78, 5) is 17.0. The van der Waals surface area contributed by atoms with Crippen molar-refractivity contribution in [1.82, 2.24) is 19.6 Å². The van der Waals surface area contributed by atoms with Crippen LogP contribution >= 0.6 is 0 Å². The van der Waals surface area contributed by atoms with Crippen molar-refractivity contribution in [3.63, 3.8) is 0 Å². The molecule has 2 heterocycles. The Morgan fingerprint density at radius 3 is 2.92 bits per heavy atom.